The van der Waals surface area contributed by atoms with Crippen LogP contribution in [0, 0.1) is 11.6 Å². The van der Waals surface area contributed by atoms with E-state index in [4.69, 9.17) is 27.9 Å². The van der Waals surface area contributed by atoms with Gasteiger partial charge in [-0.3, -0.25) is 4.79 Å². The number of ether oxygens (including phenoxy) is 2. The predicted octanol–water partition coefficient (Wildman–Crippen LogP) is 5.47. The number of carbonyl (C=O) groups is 2. The van der Waals surface area contributed by atoms with Gasteiger partial charge in [-0.05, 0) is 31.3 Å². The number of fused-ring (bicyclic) bond motifs is 1. The van der Waals surface area contributed by atoms with Crippen molar-refractivity contribution in [3.63, 3.8) is 0 Å². The topological polar surface area (TPSA) is 62.3 Å². The van der Waals surface area contributed by atoms with Crippen molar-refractivity contribution in [2.24, 2.45) is 0 Å². The van der Waals surface area contributed by atoms with Crippen molar-refractivity contribution in [1.82, 2.24) is 9.80 Å². The van der Waals surface area contributed by atoms with Crippen molar-refractivity contribution in [1.29, 1.82) is 0 Å². The van der Waals surface area contributed by atoms with Crippen LogP contribution >= 0.6 is 23.2 Å². The van der Waals surface area contributed by atoms with E-state index < -0.39 is 29.1 Å². The lowest BCUT2D eigenvalue weighted by atomic mass is 9.98. The SMILES string of the molecule is COC(=O)c1cc(F)c(-c2cccc3c2OCN(C(=O)c2c(Cl)cc(N4CCN(C)CC4)cc2Cl)C3)cc1F. The number of anilines is 1. The normalized spacial score (nSPS) is 15.5. The minimum atomic E-state index is -0.979. The quantitative estimate of drug-likeness (QED) is 0.384. The van der Waals surface area contributed by atoms with Gasteiger partial charge < -0.3 is 24.2 Å². The van der Waals surface area contributed by atoms with Crippen molar-refractivity contribution >= 4 is 40.8 Å². The van der Waals surface area contributed by atoms with E-state index in [1.54, 1.807) is 30.3 Å². The van der Waals surface area contributed by atoms with Gasteiger partial charge in [0.05, 0.1) is 34.8 Å². The largest absolute Gasteiger partial charge is 0.472 e. The number of halogens is 4. The van der Waals surface area contributed by atoms with E-state index in [1.165, 1.54) is 4.90 Å². The minimum absolute atomic E-state index is 0.0811. The molecule has 2 aliphatic heterocycles. The van der Waals surface area contributed by atoms with Gasteiger partial charge in [0.2, 0.25) is 0 Å². The molecule has 2 heterocycles. The van der Waals surface area contributed by atoms with Crippen molar-refractivity contribution in [3.8, 4) is 16.9 Å². The summed E-state index contributed by atoms with van der Waals surface area (Å²) in [6.45, 7) is 3.46. The second-order valence-electron chi connectivity index (χ2n) is 9.45. The second kappa shape index (κ2) is 11.0. The Kier molecular flexibility index (Phi) is 7.66. The monoisotopic (exact) mass is 575 g/mol. The van der Waals surface area contributed by atoms with Crippen LogP contribution in [0.4, 0.5) is 14.5 Å². The smallest absolute Gasteiger partial charge is 0.340 e. The van der Waals surface area contributed by atoms with Crippen LogP contribution in [0.1, 0.15) is 26.3 Å². The molecule has 3 aromatic rings. The summed E-state index contributed by atoms with van der Waals surface area (Å²) in [6, 6.07) is 10.2. The average molecular weight is 576 g/mol. The summed E-state index contributed by atoms with van der Waals surface area (Å²) in [7, 11) is 3.15. The molecular formula is C28H25Cl2F2N3O4. The van der Waals surface area contributed by atoms with Crippen molar-refractivity contribution in [2.75, 3.05) is 52.0 Å². The number of para-hydroxylation sites is 1. The zero-order chi connectivity index (χ0) is 27.8. The fraction of sp³-hybridized carbons (Fsp3) is 0.286. The summed E-state index contributed by atoms with van der Waals surface area (Å²) in [5.74, 6) is -2.81. The number of benzene rings is 3. The number of hydrogen-bond donors (Lipinski definition) is 0. The molecule has 11 heteroatoms. The number of rotatable bonds is 4. The maximum absolute atomic E-state index is 15.0. The molecule has 0 aromatic heterocycles. The Balaban J connectivity index is 1.40. The zero-order valence-corrected chi connectivity index (χ0v) is 22.8. The fourth-order valence-corrected chi connectivity index (χ4v) is 5.44. The lowest BCUT2D eigenvalue weighted by molar-refractivity contribution is 0.0515. The molecule has 0 radical (unpaired) electrons. The second-order valence-corrected chi connectivity index (χ2v) is 10.3. The van der Waals surface area contributed by atoms with Gasteiger partial charge in [-0.25, -0.2) is 13.6 Å². The molecule has 0 aliphatic carbocycles. The summed E-state index contributed by atoms with van der Waals surface area (Å²) < 4.78 is 39.9. The molecule has 0 atom stereocenters. The van der Waals surface area contributed by atoms with Crippen LogP contribution in [0.3, 0.4) is 0 Å². The van der Waals surface area contributed by atoms with Gasteiger partial charge in [0.15, 0.2) is 6.73 Å². The molecule has 0 unspecified atom stereocenters. The van der Waals surface area contributed by atoms with Crippen LogP contribution in [-0.4, -0.2) is 68.7 Å². The van der Waals surface area contributed by atoms with Crippen LogP contribution in [0.15, 0.2) is 42.5 Å². The Morgan fingerprint density at radius 2 is 1.64 bits per heavy atom. The third-order valence-corrected chi connectivity index (χ3v) is 7.57. The third-order valence-electron chi connectivity index (χ3n) is 6.97. The van der Waals surface area contributed by atoms with Crippen LogP contribution in [0.5, 0.6) is 5.75 Å². The molecule has 0 N–H and O–H groups in total. The molecule has 0 bridgehead atoms. The molecule has 204 valence electrons. The molecule has 1 amide bonds. The third kappa shape index (κ3) is 5.26. The van der Waals surface area contributed by atoms with Crippen LogP contribution in [-0.2, 0) is 11.3 Å². The van der Waals surface area contributed by atoms with E-state index in [1.807, 2.05) is 0 Å². The number of likely N-dealkylation sites (N-methyl/N-ethyl adjacent to an activating group) is 1. The van der Waals surface area contributed by atoms with Gasteiger partial charge in [0, 0.05) is 48.6 Å². The Morgan fingerprint density at radius 3 is 2.31 bits per heavy atom. The molecular weight excluding hydrogens is 551 g/mol. The van der Waals surface area contributed by atoms with Crippen LogP contribution in [0.25, 0.3) is 11.1 Å². The van der Waals surface area contributed by atoms with E-state index in [9.17, 15) is 18.4 Å². The molecule has 1 fully saturated rings. The van der Waals surface area contributed by atoms with E-state index in [0.29, 0.717) is 16.9 Å². The van der Waals surface area contributed by atoms with Gasteiger partial charge >= 0.3 is 5.97 Å². The first kappa shape index (κ1) is 27.2. The average Bonchev–Trinajstić information content (AvgIpc) is 2.93. The highest BCUT2D eigenvalue weighted by atomic mass is 35.5. The maximum atomic E-state index is 15.0. The van der Waals surface area contributed by atoms with Gasteiger partial charge in [0.25, 0.3) is 5.91 Å². The van der Waals surface area contributed by atoms with E-state index in [0.717, 1.165) is 51.1 Å². The molecule has 3 aromatic carbocycles. The number of amides is 1. The lowest BCUT2D eigenvalue weighted by Crippen LogP contribution is -2.44. The van der Waals surface area contributed by atoms with Gasteiger partial charge in [0.1, 0.15) is 17.4 Å². The summed E-state index contributed by atoms with van der Waals surface area (Å²) >= 11 is 13.1. The summed E-state index contributed by atoms with van der Waals surface area (Å²) in [5, 5.41) is 0.480. The highest BCUT2D eigenvalue weighted by Gasteiger charge is 2.29. The molecule has 1 saturated heterocycles. The molecule has 7 nitrogen and oxygen atoms in total. The number of nitrogens with zero attached hydrogens (tertiary/aromatic N) is 3. The first-order valence-corrected chi connectivity index (χ1v) is 13.0. The van der Waals surface area contributed by atoms with E-state index >= 15 is 0 Å². The number of methoxy groups -OCH3 is 1. The fourth-order valence-electron chi connectivity index (χ4n) is 4.81. The predicted molar refractivity (Wildman–Crippen MR) is 145 cm³/mol. The Morgan fingerprint density at radius 1 is 0.949 bits per heavy atom. The van der Waals surface area contributed by atoms with Gasteiger partial charge in [-0.2, -0.15) is 0 Å². The molecule has 2 aliphatic rings. The molecule has 0 spiro atoms. The zero-order valence-electron chi connectivity index (χ0n) is 21.3. The summed E-state index contributed by atoms with van der Waals surface area (Å²) in [5.41, 5.74) is 1.32. The Hall–Kier alpha value is -3.40. The Bertz CT molecular complexity index is 1440. The standard InChI is InChI=1S/C28H25Cl2F2N3O4/c1-33-6-8-34(9-7-33)17-10-21(29)25(22(30)11-17)27(36)35-14-16-4-3-5-18(26(16)39-15-35)19-12-24(32)20(13-23(19)31)28(37)38-2/h3-5,10-13H,6-9,14-15H2,1-2H3. The van der Waals surface area contributed by atoms with Crippen LogP contribution < -0.4 is 9.64 Å². The summed E-state index contributed by atoms with van der Waals surface area (Å²) in [6.07, 6.45) is 0. The van der Waals surface area contributed by atoms with Crippen LogP contribution in [0.2, 0.25) is 10.0 Å². The van der Waals surface area contributed by atoms with Crippen molar-refractivity contribution in [2.45, 2.75) is 6.54 Å². The molecule has 0 saturated carbocycles. The first-order valence-electron chi connectivity index (χ1n) is 12.2. The van der Waals surface area contributed by atoms with E-state index in [2.05, 4.69) is 21.6 Å². The highest BCUT2D eigenvalue weighted by molar-refractivity contribution is 6.40. The van der Waals surface area contributed by atoms with Gasteiger partial charge in [-0.1, -0.05) is 41.4 Å². The number of piperazine rings is 1. The number of esters is 1. The van der Waals surface area contributed by atoms with Crippen molar-refractivity contribution in [3.05, 3.63) is 80.8 Å². The molecule has 5 rings (SSSR count). The number of carbonyl (C=O) groups excluding carboxylic acids is 2. The molecule has 39 heavy (non-hydrogen) atoms. The van der Waals surface area contributed by atoms with Gasteiger partial charge in [-0.15, -0.1) is 0 Å². The number of hydrogen-bond acceptors (Lipinski definition) is 6. The highest BCUT2D eigenvalue weighted by Crippen LogP contribution is 2.39. The van der Waals surface area contributed by atoms with Crippen molar-refractivity contribution < 1.29 is 27.8 Å². The maximum Gasteiger partial charge on any atom is 0.340 e. The lowest BCUT2D eigenvalue weighted by Gasteiger charge is -2.34. The Labute approximate surface area is 234 Å². The minimum Gasteiger partial charge on any atom is -0.472 e. The van der Waals surface area contributed by atoms with E-state index in [-0.39, 0.29) is 34.4 Å². The first-order chi connectivity index (χ1) is 18.7. The summed E-state index contributed by atoms with van der Waals surface area (Å²) in [4.78, 5) is 31.0.